The molecular formula is C20H33NO2. The van der Waals surface area contributed by atoms with E-state index in [1.807, 2.05) is 24.3 Å². The molecule has 130 valence electrons. The second-order valence-corrected chi connectivity index (χ2v) is 6.52. The number of ether oxygens (including phenoxy) is 1. The van der Waals surface area contributed by atoms with E-state index < -0.39 is 0 Å². The molecule has 1 unspecified atom stereocenters. The highest BCUT2D eigenvalue weighted by atomic mass is 16.5. The van der Waals surface area contributed by atoms with Gasteiger partial charge in [-0.2, -0.15) is 0 Å². The number of hydrogen-bond donors (Lipinski definition) is 0. The van der Waals surface area contributed by atoms with Gasteiger partial charge < -0.3 is 9.94 Å². The van der Waals surface area contributed by atoms with Crippen molar-refractivity contribution in [2.45, 2.75) is 65.2 Å². The molecule has 0 saturated heterocycles. The van der Waals surface area contributed by atoms with E-state index in [1.54, 1.807) is 13.3 Å². The van der Waals surface area contributed by atoms with Gasteiger partial charge in [0.15, 0.2) is 12.8 Å². The maximum atomic E-state index is 12.0. The lowest BCUT2D eigenvalue weighted by molar-refractivity contribution is -0.460. The molecule has 1 aromatic rings. The van der Waals surface area contributed by atoms with E-state index in [0.717, 1.165) is 22.5 Å². The Hall–Kier alpha value is -1.51. The van der Waals surface area contributed by atoms with Crippen molar-refractivity contribution in [1.29, 1.82) is 0 Å². The Morgan fingerprint density at radius 3 is 2.26 bits per heavy atom. The molecular weight excluding hydrogens is 286 g/mol. The van der Waals surface area contributed by atoms with Crippen LogP contribution in [0.3, 0.4) is 0 Å². The average molecular weight is 319 g/mol. The molecule has 23 heavy (non-hydrogen) atoms. The first-order valence-corrected chi connectivity index (χ1v) is 9.08. The van der Waals surface area contributed by atoms with Crippen molar-refractivity contribution in [3.8, 4) is 5.75 Å². The smallest absolute Gasteiger partial charge is 0.181 e. The molecule has 0 aliphatic rings. The Kier molecular flexibility index (Phi) is 10.2. The third-order valence-electron chi connectivity index (χ3n) is 4.20. The molecule has 0 bridgehead atoms. The molecule has 3 heteroatoms. The van der Waals surface area contributed by atoms with E-state index in [0.29, 0.717) is 12.5 Å². The summed E-state index contributed by atoms with van der Waals surface area (Å²) in [5.41, 5.74) is 0.920. The number of rotatable bonds is 12. The minimum atomic E-state index is 0.442. The number of unbranched alkanes of at least 4 members (excludes halogenated alkanes) is 6. The van der Waals surface area contributed by atoms with Gasteiger partial charge >= 0.3 is 0 Å². The molecule has 0 radical (unpaired) electrons. The van der Waals surface area contributed by atoms with E-state index >= 15 is 0 Å². The fraction of sp³-hybridized carbons (Fsp3) is 0.650. The van der Waals surface area contributed by atoms with E-state index in [2.05, 4.69) is 13.8 Å². The highest BCUT2D eigenvalue weighted by Crippen LogP contribution is 2.13. The van der Waals surface area contributed by atoms with Gasteiger partial charge in [-0.15, -0.1) is 0 Å². The molecule has 1 rings (SSSR count). The van der Waals surface area contributed by atoms with Crippen LogP contribution in [0.5, 0.6) is 5.75 Å². The van der Waals surface area contributed by atoms with Gasteiger partial charge in [0.05, 0.1) is 7.11 Å². The zero-order valence-corrected chi connectivity index (χ0v) is 15.1. The van der Waals surface area contributed by atoms with Crippen LogP contribution < -0.4 is 4.74 Å². The summed E-state index contributed by atoms with van der Waals surface area (Å²) in [6, 6.07) is 7.57. The van der Waals surface area contributed by atoms with Crippen LogP contribution in [0.2, 0.25) is 0 Å². The highest BCUT2D eigenvalue weighted by Gasteiger charge is 2.07. The van der Waals surface area contributed by atoms with Crippen molar-refractivity contribution >= 4 is 6.21 Å². The molecule has 1 atom stereocenters. The Bertz CT molecular complexity index is 439. The highest BCUT2D eigenvalue weighted by molar-refractivity contribution is 5.75. The number of hydrogen-bond acceptors (Lipinski definition) is 2. The zero-order chi connectivity index (χ0) is 16.9. The molecule has 0 N–H and O–H groups in total. The Balaban J connectivity index is 2.21. The second kappa shape index (κ2) is 12.0. The first-order chi connectivity index (χ1) is 11.2. The van der Waals surface area contributed by atoms with Gasteiger partial charge in [0.25, 0.3) is 0 Å². The van der Waals surface area contributed by atoms with E-state index in [9.17, 15) is 5.21 Å². The first kappa shape index (κ1) is 19.5. The average Bonchev–Trinajstić information content (AvgIpc) is 2.54. The standard InChI is InChI=1S/C20H33NO2/c1-4-5-6-7-8-9-10-11-18(2)16-21(22)17-19-12-14-20(23-3)15-13-19/h12-15,17-18H,4-11,16H2,1-3H3/b21-17-. The lowest BCUT2D eigenvalue weighted by Gasteiger charge is -2.11. The van der Waals surface area contributed by atoms with Crippen LogP contribution in [0.1, 0.15) is 70.8 Å². The van der Waals surface area contributed by atoms with Gasteiger partial charge in [-0.05, 0) is 30.7 Å². The normalized spacial score (nSPS) is 13.1. The van der Waals surface area contributed by atoms with Crippen LogP contribution in [0.25, 0.3) is 0 Å². The Labute approximate surface area is 142 Å². The molecule has 0 heterocycles. The molecule has 0 aliphatic carbocycles. The lowest BCUT2D eigenvalue weighted by Crippen LogP contribution is -2.15. The number of nitrogens with zero attached hydrogens (tertiary/aromatic N) is 1. The Morgan fingerprint density at radius 2 is 1.65 bits per heavy atom. The van der Waals surface area contributed by atoms with Crippen LogP contribution in [-0.2, 0) is 0 Å². The van der Waals surface area contributed by atoms with E-state index in [1.165, 1.54) is 44.9 Å². The molecule has 0 aliphatic heterocycles. The topological polar surface area (TPSA) is 35.3 Å². The SMILES string of the molecule is CCCCCCCCCC(C)C/[N+]([O-])=C/c1ccc(OC)cc1. The molecule has 0 spiro atoms. The molecule has 0 fully saturated rings. The van der Waals surface area contributed by atoms with Crippen LogP contribution in [-0.4, -0.2) is 24.6 Å². The summed E-state index contributed by atoms with van der Waals surface area (Å²) in [5.74, 6) is 1.25. The van der Waals surface area contributed by atoms with Crippen LogP contribution in [0.4, 0.5) is 0 Å². The minimum absolute atomic E-state index is 0.442. The summed E-state index contributed by atoms with van der Waals surface area (Å²) in [6.45, 7) is 4.99. The molecule has 0 amide bonds. The van der Waals surface area contributed by atoms with Crippen molar-refractivity contribution in [3.63, 3.8) is 0 Å². The van der Waals surface area contributed by atoms with Crippen molar-refractivity contribution < 1.29 is 9.48 Å². The van der Waals surface area contributed by atoms with Crippen LogP contribution in [0, 0.1) is 11.1 Å². The molecule has 3 nitrogen and oxygen atoms in total. The number of hydroxylamine groups is 1. The summed E-state index contributed by atoms with van der Waals surface area (Å²) in [4.78, 5) is 0. The maximum absolute atomic E-state index is 12.0. The third-order valence-corrected chi connectivity index (χ3v) is 4.20. The van der Waals surface area contributed by atoms with Gasteiger partial charge in [-0.1, -0.05) is 58.8 Å². The van der Waals surface area contributed by atoms with Gasteiger partial charge in [0.2, 0.25) is 0 Å². The molecule has 0 aromatic heterocycles. The van der Waals surface area contributed by atoms with Gasteiger partial charge in [0, 0.05) is 11.5 Å². The van der Waals surface area contributed by atoms with E-state index in [4.69, 9.17) is 4.74 Å². The second-order valence-electron chi connectivity index (χ2n) is 6.52. The van der Waals surface area contributed by atoms with Gasteiger partial charge in [0.1, 0.15) is 5.75 Å². The summed E-state index contributed by atoms with van der Waals surface area (Å²) >= 11 is 0. The predicted octanol–water partition coefficient (Wildman–Crippen LogP) is 5.40. The van der Waals surface area contributed by atoms with Crippen molar-refractivity contribution in [1.82, 2.24) is 0 Å². The van der Waals surface area contributed by atoms with Crippen molar-refractivity contribution in [2.75, 3.05) is 13.7 Å². The maximum Gasteiger partial charge on any atom is 0.181 e. The summed E-state index contributed by atoms with van der Waals surface area (Å²) in [5, 5.41) is 12.0. The third kappa shape index (κ3) is 9.27. The largest absolute Gasteiger partial charge is 0.624 e. The fourth-order valence-electron chi connectivity index (χ4n) is 2.76. The van der Waals surface area contributed by atoms with Crippen LogP contribution in [0.15, 0.2) is 24.3 Å². The van der Waals surface area contributed by atoms with Gasteiger partial charge in [-0.3, -0.25) is 0 Å². The summed E-state index contributed by atoms with van der Waals surface area (Å²) in [7, 11) is 1.64. The van der Waals surface area contributed by atoms with Crippen LogP contribution >= 0.6 is 0 Å². The van der Waals surface area contributed by atoms with Crippen molar-refractivity contribution in [3.05, 3.63) is 35.0 Å². The minimum Gasteiger partial charge on any atom is -0.624 e. The first-order valence-electron chi connectivity index (χ1n) is 9.08. The van der Waals surface area contributed by atoms with Crippen molar-refractivity contribution in [2.24, 2.45) is 5.92 Å². The molecule has 1 aromatic carbocycles. The quantitative estimate of drug-likeness (QED) is 0.170. The molecule has 0 saturated carbocycles. The van der Waals surface area contributed by atoms with E-state index in [-0.39, 0.29) is 0 Å². The Morgan fingerprint density at radius 1 is 1.04 bits per heavy atom. The predicted molar refractivity (Wildman–Crippen MR) is 98.4 cm³/mol. The lowest BCUT2D eigenvalue weighted by atomic mass is 10.0. The number of methoxy groups -OCH3 is 1. The zero-order valence-electron chi connectivity index (χ0n) is 15.1. The summed E-state index contributed by atoms with van der Waals surface area (Å²) < 4.78 is 6.18. The monoisotopic (exact) mass is 319 g/mol. The summed E-state index contributed by atoms with van der Waals surface area (Å²) in [6.07, 6.45) is 12.1. The van der Waals surface area contributed by atoms with Gasteiger partial charge in [-0.25, -0.2) is 4.74 Å². The fourth-order valence-corrected chi connectivity index (χ4v) is 2.76. The number of benzene rings is 1.